The number of ether oxygens (including phenoxy) is 1. The highest BCUT2D eigenvalue weighted by Crippen LogP contribution is 2.15. The van der Waals surface area contributed by atoms with Gasteiger partial charge in [0.05, 0.1) is 0 Å². The second-order valence-electron chi connectivity index (χ2n) is 1.82. The first-order valence-corrected chi connectivity index (χ1v) is 3.04. The third kappa shape index (κ3) is 8.28. The van der Waals surface area contributed by atoms with Crippen LogP contribution in [0.3, 0.4) is 0 Å². The zero-order valence-electron chi connectivity index (χ0n) is 6.28. The van der Waals surface area contributed by atoms with Gasteiger partial charge in [-0.15, -0.1) is 0 Å². The van der Waals surface area contributed by atoms with Crippen molar-refractivity contribution < 1.29 is 27.5 Å². The Hall–Kier alpha value is -1.62. The van der Waals surface area contributed by atoms with E-state index in [0.717, 1.165) is 0 Å². The maximum absolute atomic E-state index is 11.4. The maximum Gasteiger partial charge on any atom is 0.413 e. The Balaban J connectivity index is 3.74. The maximum atomic E-state index is 11.4. The summed E-state index contributed by atoms with van der Waals surface area (Å²) in [6.45, 7) is -0.523. The molecular formula is C6H5F3N2O2. The van der Waals surface area contributed by atoms with E-state index >= 15 is 0 Å². The molecule has 0 radical (unpaired) electrons. The number of carbonyl (C=O) groups excluding carboxylic acids is 1. The Morgan fingerprint density at radius 1 is 1.54 bits per heavy atom. The lowest BCUT2D eigenvalue weighted by Gasteiger charge is -1.97. The van der Waals surface area contributed by atoms with E-state index in [1.165, 1.54) is 0 Å². The van der Waals surface area contributed by atoms with Gasteiger partial charge in [0, 0.05) is 6.08 Å². The molecule has 0 atom stereocenters. The van der Waals surface area contributed by atoms with Gasteiger partial charge in [0.15, 0.2) is 0 Å². The lowest BCUT2D eigenvalue weighted by Crippen LogP contribution is -2.07. The van der Waals surface area contributed by atoms with Gasteiger partial charge in [-0.05, 0) is 6.08 Å². The van der Waals surface area contributed by atoms with Crippen molar-refractivity contribution in [2.75, 3.05) is 6.61 Å². The minimum Gasteiger partial charge on any atom is -0.453 e. The Morgan fingerprint density at radius 2 is 2.15 bits per heavy atom. The molecule has 0 saturated carbocycles. The van der Waals surface area contributed by atoms with E-state index in [4.69, 9.17) is 5.53 Å². The fourth-order valence-corrected chi connectivity index (χ4v) is 0.396. The van der Waals surface area contributed by atoms with Gasteiger partial charge < -0.3 is 10.3 Å². The van der Waals surface area contributed by atoms with Crippen LogP contribution in [0.4, 0.5) is 13.2 Å². The number of halogens is 3. The van der Waals surface area contributed by atoms with Crippen LogP contribution >= 0.6 is 0 Å². The van der Waals surface area contributed by atoms with E-state index in [1.807, 2.05) is 0 Å². The van der Waals surface area contributed by atoms with Crippen LogP contribution in [0, 0.1) is 0 Å². The number of allylic oxidation sites excluding steroid dienone is 1. The van der Waals surface area contributed by atoms with Gasteiger partial charge in [-0.25, -0.2) is 4.79 Å². The molecule has 0 aliphatic heterocycles. The number of carbonyl (C=O) groups is 1. The van der Waals surface area contributed by atoms with E-state index in [0.29, 0.717) is 12.3 Å². The summed E-state index contributed by atoms with van der Waals surface area (Å²) in [5.74, 6) is -1.02. The van der Waals surface area contributed by atoms with Crippen molar-refractivity contribution >= 4 is 12.2 Å². The van der Waals surface area contributed by atoms with Crippen LogP contribution in [0.2, 0.25) is 0 Å². The fourth-order valence-electron chi connectivity index (χ4n) is 0.396. The van der Waals surface area contributed by atoms with Gasteiger partial charge >= 0.3 is 18.4 Å². The quantitative estimate of drug-likeness (QED) is 0.221. The van der Waals surface area contributed by atoms with Crippen molar-refractivity contribution in [1.29, 1.82) is 0 Å². The first-order valence-electron chi connectivity index (χ1n) is 3.04. The zero-order valence-corrected chi connectivity index (χ0v) is 6.28. The molecule has 0 aromatic heterocycles. The molecule has 0 saturated heterocycles. The number of hydrogen-bond acceptors (Lipinski definition) is 2. The van der Waals surface area contributed by atoms with Crippen LogP contribution in [0.25, 0.3) is 5.53 Å². The topological polar surface area (TPSA) is 62.7 Å². The summed E-state index contributed by atoms with van der Waals surface area (Å²) in [6, 6.07) is 0. The fraction of sp³-hybridized carbons (Fsp3) is 0.333. The Morgan fingerprint density at radius 3 is 2.62 bits per heavy atom. The van der Waals surface area contributed by atoms with Crippen molar-refractivity contribution in [3.63, 3.8) is 0 Å². The Bertz CT molecular complexity index is 253. The van der Waals surface area contributed by atoms with Crippen molar-refractivity contribution in [2.24, 2.45) is 0 Å². The third-order valence-electron chi connectivity index (χ3n) is 0.792. The van der Waals surface area contributed by atoms with Gasteiger partial charge in [0.1, 0.15) is 6.61 Å². The van der Waals surface area contributed by atoms with Crippen molar-refractivity contribution in [2.45, 2.75) is 6.18 Å². The van der Waals surface area contributed by atoms with Crippen LogP contribution in [0.15, 0.2) is 12.2 Å². The largest absolute Gasteiger partial charge is 0.453 e. The molecule has 0 aliphatic rings. The summed E-state index contributed by atoms with van der Waals surface area (Å²) in [5.41, 5.74) is 7.79. The molecular weight excluding hydrogens is 189 g/mol. The first-order chi connectivity index (χ1) is 5.95. The molecule has 72 valence electrons. The zero-order chi connectivity index (χ0) is 10.3. The molecule has 13 heavy (non-hydrogen) atoms. The molecule has 0 unspecified atom stereocenters. The molecule has 0 aromatic rings. The van der Waals surface area contributed by atoms with Gasteiger partial charge in [-0.1, -0.05) is 0 Å². The summed E-state index contributed by atoms with van der Waals surface area (Å²) in [4.78, 5) is 12.6. The molecule has 0 aliphatic carbocycles. The number of nitrogens with zero attached hydrogens (tertiary/aromatic N) is 2. The number of alkyl halides is 3. The summed E-state index contributed by atoms with van der Waals surface area (Å²) in [6.07, 6.45) is -3.42. The standard InChI is InChI=1S/C6H5F3N2O2/c7-6(8,9)2-1-3-13-5(12)4-11-10/h1-2,4H,3H2/b2-1+. The molecule has 0 rings (SSSR count). The monoisotopic (exact) mass is 194 g/mol. The lowest BCUT2D eigenvalue weighted by atomic mass is 10.5. The Labute approximate surface area is 71.2 Å². The van der Waals surface area contributed by atoms with E-state index in [2.05, 4.69) is 9.53 Å². The number of rotatable bonds is 3. The van der Waals surface area contributed by atoms with Crippen LogP contribution in [-0.4, -0.2) is 29.8 Å². The van der Waals surface area contributed by atoms with Gasteiger partial charge in [0.2, 0.25) is 0 Å². The molecule has 0 bridgehead atoms. The molecule has 7 heteroatoms. The average molecular weight is 194 g/mol. The minimum atomic E-state index is -4.42. The second-order valence-corrected chi connectivity index (χ2v) is 1.82. The molecule has 0 fully saturated rings. The SMILES string of the molecule is [N-]=[N+]=CC(=O)OC/C=C/C(F)(F)F. The van der Waals surface area contributed by atoms with E-state index in [-0.39, 0.29) is 6.08 Å². The van der Waals surface area contributed by atoms with Gasteiger partial charge in [-0.2, -0.15) is 18.0 Å². The van der Waals surface area contributed by atoms with E-state index < -0.39 is 18.8 Å². The molecule has 0 spiro atoms. The van der Waals surface area contributed by atoms with Crippen molar-refractivity contribution in [3.8, 4) is 0 Å². The summed E-state index contributed by atoms with van der Waals surface area (Å²) < 4.78 is 38.4. The predicted octanol–water partition coefficient (Wildman–Crippen LogP) is 0.949. The van der Waals surface area contributed by atoms with E-state index in [9.17, 15) is 18.0 Å². The van der Waals surface area contributed by atoms with Gasteiger partial charge in [0.25, 0.3) is 0 Å². The summed E-state index contributed by atoms with van der Waals surface area (Å²) >= 11 is 0. The Kier molecular flexibility index (Phi) is 4.47. The van der Waals surface area contributed by atoms with Crippen LogP contribution in [0.5, 0.6) is 0 Å². The number of esters is 1. The molecule has 0 aromatic carbocycles. The molecule has 0 N–H and O–H groups in total. The normalized spacial score (nSPS) is 11.0. The summed E-state index contributed by atoms with van der Waals surface area (Å²) in [7, 11) is 0. The molecule has 0 heterocycles. The van der Waals surface area contributed by atoms with Gasteiger partial charge in [-0.3, -0.25) is 0 Å². The van der Waals surface area contributed by atoms with Crippen LogP contribution < -0.4 is 0 Å². The third-order valence-corrected chi connectivity index (χ3v) is 0.792. The molecule has 0 amide bonds. The summed E-state index contributed by atoms with van der Waals surface area (Å²) in [5, 5.41) is 0. The van der Waals surface area contributed by atoms with E-state index in [1.54, 1.807) is 0 Å². The lowest BCUT2D eigenvalue weighted by molar-refractivity contribution is -0.137. The highest BCUT2D eigenvalue weighted by Gasteiger charge is 2.21. The smallest absolute Gasteiger partial charge is 0.413 e. The van der Waals surface area contributed by atoms with Crippen molar-refractivity contribution in [1.82, 2.24) is 0 Å². The van der Waals surface area contributed by atoms with Crippen molar-refractivity contribution in [3.05, 3.63) is 17.7 Å². The first kappa shape index (κ1) is 11.4. The number of hydrogen-bond donors (Lipinski definition) is 0. The van der Waals surface area contributed by atoms with Crippen LogP contribution in [0.1, 0.15) is 0 Å². The highest BCUT2D eigenvalue weighted by atomic mass is 19.4. The minimum absolute atomic E-state index is 0.0592. The predicted molar refractivity (Wildman–Crippen MR) is 35.8 cm³/mol. The highest BCUT2D eigenvalue weighted by molar-refractivity contribution is 6.20. The average Bonchev–Trinajstić information content (AvgIpc) is 1.97. The second kappa shape index (κ2) is 5.10. The molecule has 4 nitrogen and oxygen atoms in total. The van der Waals surface area contributed by atoms with Crippen LogP contribution in [-0.2, 0) is 9.53 Å².